The number of unbranched alkanes of at least 4 members (excludes halogenated alkanes) is 1. The van der Waals surface area contributed by atoms with Crippen LogP contribution < -0.4 is 10.2 Å². The highest BCUT2D eigenvalue weighted by Gasteiger charge is 2.36. The maximum atomic E-state index is 12.4. The number of nitrogens with one attached hydrogen (secondary N) is 1. The molecule has 0 bridgehead atoms. The van der Waals surface area contributed by atoms with E-state index in [9.17, 15) is 19.2 Å². The quantitative estimate of drug-likeness (QED) is 0.477. The summed E-state index contributed by atoms with van der Waals surface area (Å²) in [5.41, 5.74) is 1.59. The lowest BCUT2D eigenvalue weighted by Crippen LogP contribution is -2.28. The Kier molecular flexibility index (Phi) is 7.96. The molecule has 0 spiro atoms. The van der Waals surface area contributed by atoms with E-state index < -0.39 is 30.4 Å². The van der Waals surface area contributed by atoms with Crippen LogP contribution in [0.5, 0.6) is 0 Å². The highest BCUT2D eigenvalue weighted by Crippen LogP contribution is 2.26. The van der Waals surface area contributed by atoms with Crippen LogP contribution in [0.25, 0.3) is 0 Å². The Bertz CT molecular complexity index is 958. The average Bonchev–Trinajstić information content (AvgIpc) is 3.20. The van der Waals surface area contributed by atoms with Crippen molar-refractivity contribution >= 4 is 35.1 Å². The normalized spacial score (nSPS) is 15.3. The summed E-state index contributed by atoms with van der Waals surface area (Å²) in [6, 6.07) is 15.3. The van der Waals surface area contributed by atoms with Gasteiger partial charge >= 0.3 is 11.9 Å². The van der Waals surface area contributed by atoms with E-state index in [0.717, 1.165) is 12.8 Å². The van der Waals surface area contributed by atoms with Crippen molar-refractivity contribution in [3.05, 3.63) is 60.2 Å². The second kappa shape index (κ2) is 11.1. The van der Waals surface area contributed by atoms with Crippen molar-refractivity contribution in [2.24, 2.45) is 5.92 Å². The summed E-state index contributed by atoms with van der Waals surface area (Å²) in [6.45, 7) is 2.11. The van der Waals surface area contributed by atoms with Crippen LogP contribution in [-0.2, 0) is 23.9 Å². The molecule has 0 radical (unpaired) electrons. The minimum Gasteiger partial charge on any atom is -0.462 e. The molecule has 0 aliphatic carbocycles. The molecule has 2 aromatic carbocycles. The first-order valence-electron chi connectivity index (χ1n) is 10.6. The van der Waals surface area contributed by atoms with Gasteiger partial charge in [-0.05, 0) is 42.8 Å². The van der Waals surface area contributed by atoms with Gasteiger partial charge in [-0.15, -0.1) is 0 Å². The molecular formula is C24H26N2O6. The highest BCUT2D eigenvalue weighted by atomic mass is 16.5. The topological polar surface area (TPSA) is 102 Å². The summed E-state index contributed by atoms with van der Waals surface area (Å²) in [4.78, 5) is 50.2. The fourth-order valence-electron chi connectivity index (χ4n) is 3.26. The lowest BCUT2D eigenvalue weighted by molar-refractivity contribution is -0.151. The average molecular weight is 438 g/mol. The molecule has 8 nitrogen and oxygen atoms in total. The highest BCUT2D eigenvalue weighted by molar-refractivity contribution is 6.00. The predicted molar refractivity (Wildman–Crippen MR) is 118 cm³/mol. The van der Waals surface area contributed by atoms with E-state index in [4.69, 9.17) is 9.47 Å². The van der Waals surface area contributed by atoms with Crippen LogP contribution in [0.15, 0.2) is 54.6 Å². The maximum Gasteiger partial charge on any atom is 0.338 e. The molecule has 1 aliphatic rings. The van der Waals surface area contributed by atoms with E-state index >= 15 is 0 Å². The van der Waals surface area contributed by atoms with Crippen molar-refractivity contribution in [1.82, 2.24) is 0 Å². The third-order valence-electron chi connectivity index (χ3n) is 5.01. The van der Waals surface area contributed by atoms with Gasteiger partial charge in [-0.1, -0.05) is 31.5 Å². The minimum atomic E-state index is -0.661. The zero-order valence-corrected chi connectivity index (χ0v) is 17.9. The Morgan fingerprint density at radius 3 is 2.44 bits per heavy atom. The molecule has 1 fully saturated rings. The lowest BCUT2D eigenvalue weighted by atomic mass is 10.1. The number of esters is 2. The molecule has 168 valence electrons. The molecule has 8 heteroatoms. The molecule has 3 rings (SSSR count). The number of nitrogens with zero attached hydrogens (tertiary/aromatic N) is 1. The molecule has 0 aromatic heterocycles. The second-order valence-corrected chi connectivity index (χ2v) is 7.46. The molecule has 2 amide bonds. The Balaban J connectivity index is 1.50. The van der Waals surface area contributed by atoms with Gasteiger partial charge in [0.2, 0.25) is 5.91 Å². The zero-order valence-electron chi connectivity index (χ0n) is 17.9. The van der Waals surface area contributed by atoms with Crippen molar-refractivity contribution < 1.29 is 28.7 Å². The van der Waals surface area contributed by atoms with E-state index in [1.54, 1.807) is 48.5 Å². The summed E-state index contributed by atoms with van der Waals surface area (Å²) >= 11 is 0. The summed E-state index contributed by atoms with van der Waals surface area (Å²) in [6.07, 6.45) is 1.74. The van der Waals surface area contributed by atoms with Gasteiger partial charge in [0.05, 0.1) is 18.1 Å². The van der Waals surface area contributed by atoms with E-state index in [-0.39, 0.29) is 18.9 Å². The number of carbonyl (C=O) groups excluding carboxylic acids is 4. The maximum absolute atomic E-state index is 12.4. The fourth-order valence-corrected chi connectivity index (χ4v) is 3.26. The SMILES string of the molecule is CCCCOC(=O)c1ccc(N2C[C@H](C(=O)OCC(=O)Nc3ccccc3)CC2=O)cc1. The van der Waals surface area contributed by atoms with Crippen molar-refractivity contribution in [3.8, 4) is 0 Å². The Morgan fingerprint density at radius 2 is 1.75 bits per heavy atom. The molecule has 1 saturated heterocycles. The van der Waals surface area contributed by atoms with Crippen LogP contribution in [-0.4, -0.2) is 43.5 Å². The number of rotatable bonds is 9. The second-order valence-electron chi connectivity index (χ2n) is 7.46. The number of anilines is 2. The molecule has 1 heterocycles. The van der Waals surface area contributed by atoms with Gasteiger partial charge in [0, 0.05) is 24.3 Å². The molecule has 1 N–H and O–H groups in total. The lowest BCUT2D eigenvalue weighted by Gasteiger charge is -2.17. The Hall–Kier alpha value is -3.68. The van der Waals surface area contributed by atoms with Gasteiger partial charge in [0.15, 0.2) is 6.61 Å². The number of amides is 2. The number of ether oxygens (including phenoxy) is 2. The van der Waals surface area contributed by atoms with E-state index in [0.29, 0.717) is 23.5 Å². The molecule has 2 aromatic rings. The van der Waals surface area contributed by atoms with Crippen LogP contribution in [0.3, 0.4) is 0 Å². The first kappa shape index (κ1) is 23.0. The predicted octanol–water partition coefficient (Wildman–Crippen LogP) is 3.18. The molecule has 1 aliphatic heterocycles. The number of benzene rings is 2. The van der Waals surface area contributed by atoms with Crippen molar-refractivity contribution in [2.75, 3.05) is 30.0 Å². The Morgan fingerprint density at radius 1 is 1.03 bits per heavy atom. The van der Waals surface area contributed by atoms with E-state index in [2.05, 4.69) is 5.32 Å². The van der Waals surface area contributed by atoms with Crippen LogP contribution in [0.4, 0.5) is 11.4 Å². The monoisotopic (exact) mass is 438 g/mol. The molecule has 0 saturated carbocycles. The van der Waals surface area contributed by atoms with E-state index in [1.807, 2.05) is 13.0 Å². The number of para-hydroxylation sites is 1. The molecule has 1 atom stereocenters. The van der Waals surface area contributed by atoms with Gasteiger partial charge in [-0.25, -0.2) is 4.79 Å². The van der Waals surface area contributed by atoms with Crippen LogP contribution in [0.1, 0.15) is 36.5 Å². The third-order valence-corrected chi connectivity index (χ3v) is 5.01. The van der Waals surface area contributed by atoms with Crippen LogP contribution in [0, 0.1) is 5.92 Å². The van der Waals surface area contributed by atoms with E-state index in [1.165, 1.54) is 4.90 Å². The standard InChI is InChI=1S/C24H26N2O6/c1-2-3-13-31-23(29)17-9-11-20(12-10-17)26-15-18(14-22(26)28)24(30)32-16-21(27)25-19-7-5-4-6-8-19/h4-12,18H,2-3,13-16H2,1H3,(H,25,27)/t18-/m1/s1. The van der Waals surface area contributed by atoms with Gasteiger partial charge in [0.1, 0.15) is 0 Å². The largest absolute Gasteiger partial charge is 0.462 e. The van der Waals surface area contributed by atoms with Gasteiger partial charge in [-0.2, -0.15) is 0 Å². The summed E-state index contributed by atoms with van der Waals surface area (Å²) in [5, 5.41) is 2.63. The van der Waals surface area contributed by atoms with Crippen LogP contribution >= 0.6 is 0 Å². The van der Waals surface area contributed by atoms with Gasteiger partial charge in [-0.3, -0.25) is 14.4 Å². The van der Waals surface area contributed by atoms with Crippen molar-refractivity contribution in [2.45, 2.75) is 26.2 Å². The summed E-state index contributed by atoms with van der Waals surface area (Å²) in [7, 11) is 0. The van der Waals surface area contributed by atoms with Crippen molar-refractivity contribution in [3.63, 3.8) is 0 Å². The molecule has 0 unspecified atom stereocenters. The zero-order chi connectivity index (χ0) is 22.9. The first-order chi connectivity index (χ1) is 15.5. The van der Waals surface area contributed by atoms with Gasteiger partial charge < -0.3 is 19.7 Å². The fraction of sp³-hybridized carbons (Fsp3) is 0.333. The Labute approximate surface area is 186 Å². The summed E-state index contributed by atoms with van der Waals surface area (Å²) < 4.78 is 10.3. The minimum absolute atomic E-state index is 0.0000511. The number of carbonyl (C=O) groups is 4. The smallest absolute Gasteiger partial charge is 0.338 e. The van der Waals surface area contributed by atoms with Crippen LogP contribution in [0.2, 0.25) is 0 Å². The van der Waals surface area contributed by atoms with Gasteiger partial charge in [0.25, 0.3) is 5.91 Å². The molecular weight excluding hydrogens is 412 g/mol. The third kappa shape index (κ3) is 6.16. The number of hydrogen-bond acceptors (Lipinski definition) is 6. The molecule has 32 heavy (non-hydrogen) atoms. The van der Waals surface area contributed by atoms with Crippen molar-refractivity contribution in [1.29, 1.82) is 0 Å². The first-order valence-corrected chi connectivity index (χ1v) is 10.6. The number of hydrogen-bond donors (Lipinski definition) is 1. The summed E-state index contributed by atoms with van der Waals surface area (Å²) in [5.74, 6) is -2.34.